The first kappa shape index (κ1) is 14.7. The molecule has 0 bridgehead atoms. The minimum atomic E-state index is -0.200. The van der Waals surface area contributed by atoms with Gasteiger partial charge in [-0.1, -0.05) is 12.1 Å². The summed E-state index contributed by atoms with van der Waals surface area (Å²) in [6.07, 6.45) is 2.40. The summed E-state index contributed by atoms with van der Waals surface area (Å²) in [4.78, 5) is 16.0. The minimum Gasteiger partial charge on any atom is -0.394 e. The van der Waals surface area contributed by atoms with E-state index in [1.54, 1.807) is 7.05 Å². The van der Waals surface area contributed by atoms with Crippen molar-refractivity contribution in [1.29, 1.82) is 0 Å². The fourth-order valence-electron chi connectivity index (χ4n) is 2.34. The summed E-state index contributed by atoms with van der Waals surface area (Å²) in [5, 5.41) is 12.1. The molecule has 0 aliphatic carbocycles. The van der Waals surface area contributed by atoms with Gasteiger partial charge in [0.15, 0.2) is 0 Å². The number of benzene rings is 1. The molecule has 0 radical (unpaired) electrons. The van der Waals surface area contributed by atoms with E-state index in [9.17, 15) is 4.79 Å². The molecular weight excluding hydrogens is 254 g/mol. The van der Waals surface area contributed by atoms with Crippen molar-refractivity contribution in [3.63, 3.8) is 0 Å². The number of hydrogen-bond acceptors (Lipinski definition) is 3. The van der Waals surface area contributed by atoms with E-state index in [-0.39, 0.29) is 18.7 Å². The predicted molar refractivity (Wildman–Crippen MR) is 81.2 cm³/mol. The number of amides is 2. The quantitative estimate of drug-likeness (QED) is 0.886. The zero-order chi connectivity index (χ0) is 14.5. The molecule has 1 saturated heterocycles. The van der Waals surface area contributed by atoms with Gasteiger partial charge >= 0.3 is 6.03 Å². The van der Waals surface area contributed by atoms with Crippen molar-refractivity contribution in [3.8, 4) is 0 Å². The molecule has 2 rings (SSSR count). The summed E-state index contributed by atoms with van der Waals surface area (Å²) in [5.74, 6) is 0. The van der Waals surface area contributed by atoms with Crippen molar-refractivity contribution in [2.24, 2.45) is 0 Å². The molecule has 1 atom stereocenters. The van der Waals surface area contributed by atoms with Crippen LogP contribution in [0.3, 0.4) is 0 Å². The van der Waals surface area contributed by atoms with E-state index in [0.717, 1.165) is 24.5 Å². The molecule has 0 aromatic heterocycles. The van der Waals surface area contributed by atoms with Crippen molar-refractivity contribution in [1.82, 2.24) is 4.90 Å². The highest BCUT2D eigenvalue weighted by Gasteiger charge is 2.19. The molecule has 2 amide bonds. The van der Waals surface area contributed by atoms with Crippen molar-refractivity contribution < 1.29 is 9.90 Å². The molecule has 1 fully saturated rings. The maximum atomic E-state index is 12.2. The molecule has 20 heavy (non-hydrogen) atoms. The number of aliphatic hydroxyl groups excluding tert-OH is 1. The number of para-hydroxylation sites is 2. The SMILES string of the molecule is CC(CO)N(C)C(=O)Nc1ccccc1N1CCCC1. The molecule has 110 valence electrons. The zero-order valence-electron chi connectivity index (χ0n) is 12.2. The molecule has 5 heteroatoms. The van der Waals surface area contributed by atoms with E-state index in [2.05, 4.69) is 10.2 Å². The average Bonchev–Trinajstić information content (AvgIpc) is 3.00. The van der Waals surface area contributed by atoms with Crippen LogP contribution in [-0.2, 0) is 0 Å². The first-order valence-corrected chi connectivity index (χ1v) is 7.12. The first-order chi connectivity index (χ1) is 9.63. The molecule has 1 aliphatic rings. The summed E-state index contributed by atoms with van der Waals surface area (Å²) >= 11 is 0. The molecular formula is C15H23N3O2. The van der Waals surface area contributed by atoms with Crippen LogP contribution in [0.2, 0.25) is 0 Å². The third-order valence-electron chi connectivity index (χ3n) is 3.84. The molecule has 0 spiro atoms. The maximum Gasteiger partial charge on any atom is 0.321 e. The van der Waals surface area contributed by atoms with E-state index < -0.39 is 0 Å². The Balaban J connectivity index is 2.11. The predicted octanol–water partition coefficient (Wildman–Crippen LogP) is 2.13. The average molecular weight is 277 g/mol. The van der Waals surface area contributed by atoms with E-state index in [1.165, 1.54) is 17.7 Å². The van der Waals surface area contributed by atoms with Gasteiger partial charge in [-0.05, 0) is 31.9 Å². The summed E-state index contributed by atoms with van der Waals surface area (Å²) in [6.45, 7) is 3.84. The van der Waals surface area contributed by atoms with Gasteiger partial charge in [0, 0.05) is 20.1 Å². The van der Waals surface area contributed by atoms with E-state index in [1.807, 2.05) is 31.2 Å². The van der Waals surface area contributed by atoms with Gasteiger partial charge in [-0.3, -0.25) is 0 Å². The lowest BCUT2D eigenvalue weighted by molar-refractivity contribution is 0.166. The van der Waals surface area contributed by atoms with Gasteiger partial charge in [0.05, 0.1) is 24.0 Å². The highest BCUT2D eigenvalue weighted by molar-refractivity contribution is 5.93. The molecule has 1 aromatic rings. The Morgan fingerprint density at radius 3 is 2.70 bits per heavy atom. The topological polar surface area (TPSA) is 55.8 Å². The van der Waals surface area contributed by atoms with E-state index in [4.69, 9.17) is 5.11 Å². The van der Waals surface area contributed by atoms with Gasteiger partial charge < -0.3 is 20.2 Å². The van der Waals surface area contributed by atoms with Crippen LogP contribution in [0, 0.1) is 0 Å². The van der Waals surface area contributed by atoms with Crippen molar-refractivity contribution in [2.75, 3.05) is 37.0 Å². The molecule has 1 heterocycles. The smallest absolute Gasteiger partial charge is 0.321 e. The highest BCUT2D eigenvalue weighted by Crippen LogP contribution is 2.28. The van der Waals surface area contributed by atoms with Crippen LogP contribution in [0.15, 0.2) is 24.3 Å². The minimum absolute atomic E-state index is 0.0440. The number of aliphatic hydroxyl groups is 1. The lowest BCUT2D eigenvalue weighted by Gasteiger charge is -2.26. The zero-order valence-corrected chi connectivity index (χ0v) is 12.2. The van der Waals surface area contributed by atoms with Gasteiger partial charge in [-0.2, -0.15) is 0 Å². The number of anilines is 2. The van der Waals surface area contributed by atoms with Crippen molar-refractivity contribution >= 4 is 17.4 Å². The van der Waals surface area contributed by atoms with Crippen LogP contribution in [0.25, 0.3) is 0 Å². The second kappa shape index (κ2) is 6.61. The fourth-order valence-corrected chi connectivity index (χ4v) is 2.34. The van der Waals surface area contributed by atoms with Gasteiger partial charge in [0.1, 0.15) is 0 Å². The second-order valence-electron chi connectivity index (χ2n) is 5.28. The maximum absolute atomic E-state index is 12.2. The number of urea groups is 1. The molecule has 5 nitrogen and oxygen atoms in total. The monoisotopic (exact) mass is 277 g/mol. The molecule has 2 N–H and O–H groups in total. The standard InChI is InChI=1S/C15H23N3O2/c1-12(11-19)17(2)15(20)16-13-7-3-4-8-14(13)18-9-5-6-10-18/h3-4,7-8,12,19H,5-6,9-11H2,1-2H3,(H,16,20). The number of carbonyl (C=O) groups excluding carboxylic acids is 1. The van der Waals surface area contributed by atoms with Gasteiger partial charge in [0.2, 0.25) is 0 Å². The number of nitrogens with zero attached hydrogens (tertiary/aromatic N) is 2. The third kappa shape index (κ3) is 3.22. The third-order valence-corrected chi connectivity index (χ3v) is 3.84. The Morgan fingerprint density at radius 1 is 1.40 bits per heavy atom. The Bertz CT molecular complexity index is 458. The van der Waals surface area contributed by atoms with Crippen LogP contribution >= 0.6 is 0 Å². The molecule has 1 aromatic carbocycles. The normalized spacial score (nSPS) is 16.1. The first-order valence-electron chi connectivity index (χ1n) is 7.12. The van der Waals surface area contributed by atoms with E-state index >= 15 is 0 Å². The Kier molecular flexibility index (Phi) is 4.84. The van der Waals surface area contributed by atoms with Crippen LogP contribution < -0.4 is 10.2 Å². The fraction of sp³-hybridized carbons (Fsp3) is 0.533. The van der Waals surface area contributed by atoms with E-state index in [0.29, 0.717) is 0 Å². The highest BCUT2D eigenvalue weighted by atomic mass is 16.3. The lowest BCUT2D eigenvalue weighted by Crippen LogP contribution is -2.40. The van der Waals surface area contributed by atoms with Crippen LogP contribution in [0.4, 0.5) is 16.2 Å². The second-order valence-corrected chi connectivity index (χ2v) is 5.28. The Labute approximate surface area is 120 Å². The number of hydrogen-bond donors (Lipinski definition) is 2. The number of carbonyl (C=O) groups is 1. The largest absolute Gasteiger partial charge is 0.394 e. The van der Waals surface area contributed by atoms with Crippen molar-refractivity contribution in [3.05, 3.63) is 24.3 Å². The number of rotatable bonds is 4. The van der Waals surface area contributed by atoms with Gasteiger partial charge in [-0.15, -0.1) is 0 Å². The van der Waals surface area contributed by atoms with Crippen molar-refractivity contribution in [2.45, 2.75) is 25.8 Å². The van der Waals surface area contributed by atoms with Gasteiger partial charge in [-0.25, -0.2) is 4.79 Å². The lowest BCUT2D eigenvalue weighted by atomic mass is 10.2. The summed E-state index contributed by atoms with van der Waals surface area (Å²) < 4.78 is 0. The molecule has 0 saturated carbocycles. The van der Waals surface area contributed by atoms with Crippen LogP contribution in [-0.4, -0.2) is 48.8 Å². The molecule has 1 aliphatic heterocycles. The Morgan fingerprint density at radius 2 is 2.05 bits per heavy atom. The van der Waals surface area contributed by atoms with Crippen LogP contribution in [0.5, 0.6) is 0 Å². The number of nitrogens with one attached hydrogen (secondary N) is 1. The molecule has 1 unspecified atom stereocenters. The van der Waals surface area contributed by atoms with Gasteiger partial charge in [0.25, 0.3) is 0 Å². The summed E-state index contributed by atoms with van der Waals surface area (Å²) in [6, 6.07) is 7.47. The summed E-state index contributed by atoms with van der Waals surface area (Å²) in [7, 11) is 1.69. The van der Waals surface area contributed by atoms with Crippen LogP contribution in [0.1, 0.15) is 19.8 Å². The Hall–Kier alpha value is -1.75. The number of likely N-dealkylation sites (N-methyl/N-ethyl adjacent to an activating group) is 1. The summed E-state index contributed by atoms with van der Waals surface area (Å²) in [5.41, 5.74) is 1.90.